The largest absolute Gasteiger partial charge is 0.481 e. The second-order valence-corrected chi connectivity index (χ2v) is 14.5. The quantitative estimate of drug-likeness (QED) is 0.283. The van der Waals surface area contributed by atoms with E-state index in [1.165, 1.54) is 11.1 Å². The number of nitrogens with zero attached hydrogens (tertiary/aromatic N) is 4. The molecule has 246 valence electrons. The van der Waals surface area contributed by atoms with Crippen molar-refractivity contribution in [1.82, 2.24) is 14.8 Å². The van der Waals surface area contributed by atoms with Crippen LogP contribution in [-0.4, -0.2) is 64.8 Å². The predicted octanol–water partition coefficient (Wildman–Crippen LogP) is 7.25. The number of hydrogen-bond acceptors (Lipinski definition) is 5. The fourth-order valence-corrected chi connectivity index (χ4v) is 7.50. The number of rotatable bonds is 8. The van der Waals surface area contributed by atoms with Gasteiger partial charge in [0.25, 0.3) is 0 Å². The van der Waals surface area contributed by atoms with E-state index in [0.29, 0.717) is 32.5 Å². The molecule has 8 heteroatoms. The molecule has 6 nitrogen and oxygen atoms in total. The van der Waals surface area contributed by atoms with Gasteiger partial charge in [0.15, 0.2) is 0 Å². The molecule has 3 aliphatic rings. The zero-order valence-corrected chi connectivity index (χ0v) is 27.8. The van der Waals surface area contributed by atoms with Crippen molar-refractivity contribution in [2.75, 3.05) is 37.6 Å². The first-order valence-corrected chi connectivity index (χ1v) is 16.9. The van der Waals surface area contributed by atoms with Gasteiger partial charge in [-0.3, -0.25) is 19.6 Å². The Morgan fingerprint density at radius 3 is 2.39 bits per heavy atom. The molecule has 2 aromatic carbocycles. The molecule has 2 fully saturated rings. The summed E-state index contributed by atoms with van der Waals surface area (Å²) in [5, 5.41) is 10.0. The molecular formula is C38H48F2N4O2. The molecule has 2 saturated heterocycles. The number of pyridine rings is 1. The molecule has 0 spiro atoms. The molecule has 3 aliphatic heterocycles. The van der Waals surface area contributed by atoms with E-state index in [0.717, 1.165) is 96.9 Å². The molecular weight excluding hydrogens is 582 g/mol. The SMILES string of the molecule is Cc1cc(F)ccc1CN1CCc2cc(-c3c(CN4CCC(F)CC4)nc(C)c(CC(=O)O)c3N3CCC(C)(C)CC3)ccc2C1. The molecule has 0 atom stereocenters. The van der Waals surface area contributed by atoms with Crippen molar-refractivity contribution >= 4 is 11.7 Å². The summed E-state index contributed by atoms with van der Waals surface area (Å²) in [7, 11) is 0. The van der Waals surface area contributed by atoms with Crippen molar-refractivity contribution in [3.05, 3.63) is 81.4 Å². The Labute approximate surface area is 272 Å². The first kappa shape index (κ1) is 32.6. The van der Waals surface area contributed by atoms with Crippen molar-refractivity contribution in [3.63, 3.8) is 0 Å². The van der Waals surface area contributed by atoms with E-state index < -0.39 is 12.1 Å². The third-order valence-electron chi connectivity index (χ3n) is 10.5. The van der Waals surface area contributed by atoms with E-state index >= 15 is 0 Å². The van der Waals surface area contributed by atoms with Gasteiger partial charge in [0.2, 0.25) is 0 Å². The van der Waals surface area contributed by atoms with E-state index in [9.17, 15) is 18.7 Å². The van der Waals surface area contributed by atoms with Crippen molar-refractivity contribution in [3.8, 4) is 11.1 Å². The Bertz CT molecular complexity index is 1590. The Morgan fingerprint density at radius 1 is 0.957 bits per heavy atom. The van der Waals surface area contributed by atoms with Gasteiger partial charge in [-0.15, -0.1) is 0 Å². The van der Waals surface area contributed by atoms with Crippen LogP contribution in [0.15, 0.2) is 36.4 Å². The van der Waals surface area contributed by atoms with Gasteiger partial charge >= 0.3 is 5.97 Å². The Kier molecular flexibility index (Phi) is 9.49. The number of piperidine rings is 2. The van der Waals surface area contributed by atoms with Gasteiger partial charge in [0.1, 0.15) is 12.0 Å². The van der Waals surface area contributed by atoms with Crippen LogP contribution in [0.2, 0.25) is 0 Å². The number of anilines is 1. The zero-order chi connectivity index (χ0) is 32.6. The number of aliphatic carboxylic acids is 1. The fourth-order valence-electron chi connectivity index (χ4n) is 7.50. The average Bonchev–Trinajstić information content (AvgIpc) is 3.00. The highest BCUT2D eigenvalue weighted by Crippen LogP contribution is 2.43. The summed E-state index contributed by atoms with van der Waals surface area (Å²) in [6.07, 6.45) is 3.22. The Morgan fingerprint density at radius 2 is 1.70 bits per heavy atom. The normalized spacial score (nSPS) is 19.3. The lowest BCUT2D eigenvalue weighted by molar-refractivity contribution is -0.136. The number of likely N-dealkylation sites (tertiary alicyclic amines) is 1. The van der Waals surface area contributed by atoms with Crippen LogP contribution >= 0.6 is 0 Å². The van der Waals surface area contributed by atoms with Crippen LogP contribution in [0.3, 0.4) is 0 Å². The van der Waals surface area contributed by atoms with Crippen molar-refractivity contribution < 1.29 is 18.7 Å². The van der Waals surface area contributed by atoms with Gasteiger partial charge in [-0.1, -0.05) is 38.1 Å². The number of aryl methyl sites for hydroxylation is 2. The number of aromatic nitrogens is 1. The summed E-state index contributed by atoms with van der Waals surface area (Å²) >= 11 is 0. The molecule has 46 heavy (non-hydrogen) atoms. The minimum Gasteiger partial charge on any atom is -0.481 e. The molecule has 0 amide bonds. The van der Waals surface area contributed by atoms with E-state index in [-0.39, 0.29) is 17.7 Å². The number of alkyl halides is 1. The number of benzene rings is 2. The van der Waals surface area contributed by atoms with Gasteiger partial charge in [-0.2, -0.15) is 0 Å². The van der Waals surface area contributed by atoms with Gasteiger partial charge in [-0.05, 0) is 91.3 Å². The highest BCUT2D eigenvalue weighted by Gasteiger charge is 2.32. The molecule has 1 aromatic heterocycles. The van der Waals surface area contributed by atoms with Crippen LogP contribution < -0.4 is 4.90 Å². The lowest BCUT2D eigenvalue weighted by atomic mass is 9.81. The second kappa shape index (κ2) is 13.4. The third-order valence-corrected chi connectivity index (χ3v) is 10.5. The van der Waals surface area contributed by atoms with Crippen LogP contribution in [0.25, 0.3) is 11.1 Å². The van der Waals surface area contributed by atoms with Gasteiger partial charge in [0, 0.05) is 69.2 Å². The van der Waals surface area contributed by atoms with Crippen molar-refractivity contribution in [2.24, 2.45) is 5.41 Å². The minimum absolute atomic E-state index is 0.0721. The highest BCUT2D eigenvalue weighted by molar-refractivity contribution is 5.87. The van der Waals surface area contributed by atoms with Gasteiger partial charge in [0.05, 0.1) is 17.8 Å². The number of carboxylic acids is 1. The number of fused-ring (bicyclic) bond motifs is 1. The maximum atomic E-state index is 14.1. The number of carbonyl (C=O) groups is 1. The number of halogens is 2. The van der Waals surface area contributed by atoms with Gasteiger partial charge in [-0.25, -0.2) is 8.78 Å². The maximum Gasteiger partial charge on any atom is 0.307 e. The van der Waals surface area contributed by atoms with Crippen LogP contribution in [0.5, 0.6) is 0 Å². The maximum absolute atomic E-state index is 14.1. The van der Waals surface area contributed by atoms with E-state index in [2.05, 4.69) is 46.7 Å². The van der Waals surface area contributed by atoms with Crippen LogP contribution in [-0.2, 0) is 37.3 Å². The highest BCUT2D eigenvalue weighted by atomic mass is 19.1. The summed E-state index contributed by atoms with van der Waals surface area (Å²) in [4.78, 5) is 24.5. The molecule has 1 N–H and O–H groups in total. The van der Waals surface area contributed by atoms with Crippen LogP contribution in [0.4, 0.5) is 14.5 Å². The van der Waals surface area contributed by atoms with Crippen LogP contribution in [0, 0.1) is 25.1 Å². The van der Waals surface area contributed by atoms with Crippen LogP contribution in [0.1, 0.15) is 78.7 Å². The van der Waals surface area contributed by atoms with Crippen molar-refractivity contribution in [2.45, 2.75) is 92.0 Å². The molecule has 0 radical (unpaired) electrons. The second-order valence-electron chi connectivity index (χ2n) is 14.5. The lowest BCUT2D eigenvalue weighted by Crippen LogP contribution is -2.39. The minimum atomic E-state index is -0.853. The first-order valence-electron chi connectivity index (χ1n) is 16.9. The topological polar surface area (TPSA) is 59.9 Å². The molecule has 0 unspecified atom stereocenters. The first-order chi connectivity index (χ1) is 22.0. The zero-order valence-electron chi connectivity index (χ0n) is 27.8. The van der Waals surface area contributed by atoms with Crippen molar-refractivity contribution in [1.29, 1.82) is 0 Å². The fraction of sp³-hybridized carbons (Fsp3) is 0.526. The molecule has 6 rings (SSSR count). The number of hydrogen-bond donors (Lipinski definition) is 1. The molecule has 0 saturated carbocycles. The predicted molar refractivity (Wildman–Crippen MR) is 179 cm³/mol. The summed E-state index contributed by atoms with van der Waals surface area (Å²) in [6.45, 7) is 14.8. The smallest absolute Gasteiger partial charge is 0.307 e. The summed E-state index contributed by atoms with van der Waals surface area (Å²) in [5.41, 5.74) is 10.6. The summed E-state index contributed by atoms with van der Waals surface area (Å²) in [6, 6.07) is 11.8. The third kappa shape index (κ3) is 7.28. The molecule has 0 bridgehead atoms. The Balaban J connectivity index is 1.39. The number of carboxylic acid groups (broad SMARTS) is 1. The van der Waals surface area contributed by atoms with E-state index in [4.69, 9.17) is 4.98 Å². The molecule has 3 aromatic rings. The summed E-state index contributed by atoms with van der Waals surface area (Å²) in [5.74, 6) is -1.05. The average molecular weight is 631 g/mol. The lowest BCUT2D eigenvalue weighted by Gasteiger charge is -2.40. The summed E-state index contributed by atoms with van der Waals surface area (Å²) < 4.78 is 27.8. The molecule has 0 aliphatic carbocycles. The van der Waals surface area contributed by atoms with Gasteiger partial charge < -0.3 is 10.0 Å². The van der Waals surface area contributed by atoms with E-state index in [1.54, 1.807) is 12.1 Å². The standard InChI is InChI=1S/C38H48F2N4O2/c1-25-19-32(40)8-7-29(25)22-43-14-9-27-20-28(5-6-30(27)23-43)36-34(24-42-15-10-31(39)11-16-42)41-26(2)33(21-35(45)46)37(36)44-17-12-38(3,4)13-18-44/h5-8,19-20,31H,9-18,21-24H2,1-4H3,(H,45,46). The molecule has 4 heterocycles. The monoisotopic (exact) mass is 630 g/mol. The Hall–Kier alpha value is -3.36. The van der Waals surface area contributed by atoms with E-state index in [1.807, 2.05) is 19.9 Å².